The van der Waals surface area contributed by atoms with Gasteiger partial charge in [0.2, 0.25) is 0 Å². The third-order valence-corrected chi connectivity index (χ3v) is 3.97. The van der Waals surface area contributed by atoms with Gasteiger partial charge in [-0.25, -0.2) is 0 Å². The van der Waals surface area contributed by atoms with Gasteiger partial charge in [0.05, 0.1) is 11.7 Å². The summed E-state index contributed by atoms with van der Waals surface area (Å²) < 4.78 is 0. The fourth-order valence-corrected chi connectivity index (χ4v) is 3.06. The molecule has 0 radical (unpaired) electrons. The number of carboxylic acids is 1. The number of pyridine rings is 1. The number of carbonyl (C=O) groups is 1. The van der Waals surface area contributed by atoms with Crippen molar-refractivity contribution in [3.63, 3.8) is 0 Å². The molecule has 1 atom stereocenters. The molecule has 0 aliphatic heterocycles. The largest absolute Gasteiger partial charge is 0.549 e. The molecule has 0 spiro atoms. The van der Waals surface area contributed by atoms with E-state index < -0.39 is 11.9 Å². The number of carbonyl (C=O) groups excluding carboxylic acids is 1. The SMILES string of the molecule is O=C([O-])C1CCCc2cc3c(nc21)CCCC3. The summed E-state index contributed by atoms with van der Waals surface area (Å²) >= 11 is 0. The van der Waals surface area contributed by atoms with Crippen LogP contribution in [0.15, 0.2) is 6.07 Å². The molecule has 1 unspecified atom stereocenters. The second kappa shape index (κ2) is 4.13. The van der Waals surface area contributed by atoms with Gasteiger partial charge in [-0.2, -0.15) is 0 Å². The molecule has 0 amide bonds. The van der Waals surface area contributed by atoms with Gasteiger partial charge in [0.25, 0.3) is 0 Å². The molecular weight excluding hydrogens is 214 g/mol. The van der Waals surface area contributed by atoms with E-state index in [-0.39, 0.29) is 0 Å². The van der Waals surface area contributed by atoms with Gasteiger partial charge in [-0.15, -0.1) is 0 Å². The average molecular weight is 230 g/mol. The van der Waals surface area contributed by atoms with E-state index in [1.54, 1.807) is 0 Å². The number of hydrogen-bond acceptors (Lipinski definition) is 3. The second-order valence-corrected chi connectivity index (χ2v) is 5.11. The highest BCUT2D eigenvalue weighted by Crippen LogP contribution is 2.33. The van der Waals surface area contributed by atoms with Gasteiger partial charge in [-0.1, -0.05) is 6.07 Å². The van der Waals surface area contributed by atoms with Gasteiger partial charge in [0.1, 0.15) is 0 Å². The summed E-state index contributed by atoms with van der Waals surface area (Å²) in [5, 5.41) is 11.1. The molecule has 3 rings (SSSR count). The summed E-state index contributed by atoms with van der Waals surface area (Å²) in [6.45, 7) is 0. The monoisotopic (exact) mass is 230 g/mol. The van der Waals surface area contributed by atoms with Crippen LogP contribution in [0.2, 0.25) is 0 Å². The average Bonchev–Trinajstić information content (AvgIpc) is 2.35. The summed E-state index contributed by atoms with van der Waals surface area (Å²) in [7, 11) is 0. The summed E-state index contributed by atoms with van der Waals surface area (Å²) in [6, 6.07) is 2.20. The minimum atomic E-state index is -0.964. The third kappa shape index (κ3) is 1.84. The summed E-state index contributed by atoms with van der Waals surface area (Å²) in [5.74, 6) is -1.44. The Morgan fingerprint density at radius 1 is 1.18 bits per heavy atom. The van der Waals surface area contributed by atoms with Crippen molar-refractivity contribution in [3.8, 4) is 0 Å². The molecule has 0 fully saturated rings. The first-order chi connectivity index (χ1) is 8.25. The molecule has 2 aliphatic carbocycles. The van der Waals surface area contributed by atoms with Crippen molar-refractivity contribution < 1.29 is 9.90 Å². The van der Waals surface area contributed by atoms with Crippen LogP contribution in [-0.2, 0) is 24.1 Å². The quantitative estimate of drug-likeness (QED) is 0.726. The Bertz CT molecular complexity index is 468. The van der Waals surface area contributed by atoms with E-state index in [1.165, 1.54) is 18.4 Å². The van der Waals surface area contributed by atoms with Crippen molar-refractivity contribution >= 4 is 5.97 Å². The zero-order chi connectivity index (χ0) is 11.8. The Kier molecular flexibility index (Phi) is 2.61. The van der Waals surface area contributed by atoms with Crippen LogP contribution < -0.4 is 5.11 Å². The van der Waals surface area contributed by atoms with Crippen molar-refractivity contribution in [2.45, 2.75) is 50.9 Å². The zero-order valence-corrected chi connectivity index (χ0v) is 9.87. The first-order valence-electron chi connectivity index (χ1n) is 6.48. The van der Waals surface area contributed by atoms with Gasteiger partial charge in [-0.05, 0) is 56.1 Å². The lowest BCUT2D eigenvalue weighted by Gasteiger charge is -2.28. The van der Waals surface area contributed by atoms with Gasteiger partial charge in [-0.3, -0.25) is 4.98 Å². The lowest BCUT2D eigenvalue weighted by Crippen LogP contribution is -2.33. The van der Waals surface area contributed by atoms with Gasteiger partial charge >= 0.3 is 0 Å². The number of aliphatic carboxylic acids is 1. The lowest BCUT2D eigenvalue weighted by molar-refractivity contribution is -0.308. The molecule has 90 valence electrons. The summed E-state index contributed by atoms with van der Waals surface area (Å²) in [5.41, 5.74) is 4.40. The molecule has 3 nitrogen and oxygen atoms in total. The van der Waals surface area contributed by atoms with E-state index in [4.69, 9.17) is 0 Å². The Hall–Kier alpha value is -1.38. The molecule has 2 aliphatic rings. The van der Waals surface area contributed by atoms with Crippen LogP contribution >= 0.6 is 0 Å². The molecule has 0 N–H and O–H groups in total. The van der Waals surface area contributed by atoms with Crippen LogP contribution in [0.1, 0.15) is 54.1 Å². The highest BCUT2D eigenvalue weighted by atomic mass is 16.4. The van der Waals surface area contributed by atoms with Crippen molar-refractivity contribution in [2.24, 2.45) is 0 Å². The molecule has 0 aromatic carbocycles. The van der Waals surface area contributed by atoms with E-state index in [2.05, 4.69) is 11.1 Å². The number of carboxylic acid groups (broad SMARTS) is 1. The van der Waals surface area contributed by atoms with E-state index in [1.807, 2.05) is 0 Å². The molecule has 1 heterocycles. The molecule has 1 aromatic rings. The number of aromatic nitrogens is 1. The molecule has 0 saturated carbocycles. The van der Waals surface area contributed by atoms with E-state index >= 15 is 0 Å². The molecule has 0 saturated heterocycles. The Morgan fingerprint density at radius 3 is 2.76 bits per heavy atom. The van der Waals surface area contributed by atoms with Crippen molar-refractivity contribution in [1.82, 2.24) is 4.98 Å². The Labute approximate surface area is 101 Å². The fraction of sp³-hybridized carbons (Fsp3) is 0.571. The summed E-state index contributed by atoms with van der Waals surface area (Å²) in [6.07, 6.45) is 7.10. The lowest BCUT2D eigenvalue weighted by atomic mass is 9.84. The van der Waals surface area contributed by atoms with E-state index in [9.17, 15) is 9.90 Å². The standard InChI is InChI=1S/C14H17NO2/c16-14(17)11-6-3-5-10-8-9-4-1-2-7-12(9)15-13(10)11/h8,11H,1-7H2,(H,16,17)/p-1. The van der Waals surface area contributed by atoms with Crippen molar-refractivity contribution in [2.75, 3.05) is 0 Å². The zero-order valence-electron chi connectivity index (χ0n) is 9.87. The van der Waals surface area contributed by atoms with Gasteiger partial charge in [0, 0.05) is 11.6 Å². The van der Waals surface area contributed by atoms with Gasteiger partial charge in [0.15, 0.2) is 0 Å². The molecular formula is C14H16NO2-. The Morgan fingerprint density at radius 2 is 1.94 bits per heavy atom. The van der Waals surface area contributed by atoms with Crippen LogP contribution in [0.4, 0.5) is 0 Å². The number of aryl methyl sites for hydroxylation is 3. The maximum atomic E-state index is 11.1. The van der Waals surface area contributed by atoms with Crippen LogP contribution in [0.3, 0.4) is 0 Å². The predicted octanol–water partition coefficient (Wildman–Crippen LogP) is 1.13. The topological polar surface area (TPSA) is 53.0 Å². The second-order valence-electron chi connectivity index (χ2n) is 5.11. The molecule has 17 heavy (non-hydrogen) atoms. The van der Waals surface area contributed by atoms with Crippen LogP contribution in [0, 0.1) is 0 Å². The van der Waals surface area contributed by atoms with Crippen LogP contribution in [0.25, 0.3) is 0 Å². The molecule has 3 heteroatoms. The highest BCUT2D eigenvalue weighted by molar-refractivity contribution is 5.74. The van der Waals surface area contributed by atoms with Crippen LogP contribution in [-0.4, -0.2) is 11.0 Å². The highest BCUT2D eigenvalue weighted by Gasteiger charge is 2.25. The predicted molar refractivity (Wildman–Crippen MR) is 61.6 cm³/mol. The molecule has 0 bridgehead atoms. The molecule has 1 aromatic heterocycles. The number of hydrogen-bond donors (Lipinski definition) is 0. The minimum Gasteiger partial charge on any atom is -0.549 e. The normalized spacial score (nSPS) is 22.7. The van der Waals surface area contributed by atoms with Crippen molar-refractivity contribution in [3.05, 3.63) is 28.6 Å². The van der Waals surface area contributed by atoms with E-state index in [0.717, 1.165) is 42.6 Å². The maximum Gasteiger partial charge on any atom is 0.0526 e. The van der Waals surface area contributed by atoms with E-state index in [0.29, 0.717) is 6.42 Å². The number of rotatable bonds is 1. The fourth-order valence-electron chi connectivity index (χ4n) is 3.06. The first kappa shape index (κ1) is 10.8. The number of nitrogens with zero attached hydrogens (tertiary/aromatic N) is 1. The van der Waals surface area contributed by atoms with Crippen molar-refractivity contribution in [1.29, 1.82) is 0 Å². The minimum absolute atomic E-state index is 0.481. The maximum absolute atomic E-state index is 11.1. The third-order valence-electron chi connectivity index (χ3n) is 3.97. The first-order valence-corrected chi connectivity index (χ1v) is 6.48. The van der Waals surface area contributed by atoms with Gasteiger partial charge < -0.3 is 9.90 Å². The van der Waals surface area contributed by atoms with Crippen LogP contribution in [0.5, 0.6) is 0 Å². The number of fused-ring (bicyclic) bond motifs is 2. The Balaban J connectivity index is 2.07. The summed E-state index contributed by atoms with van der Waals surface area (Å²) in [4.78, 5) is 15.8. The smallest absolute Gasteiger partial charge is 0.0526 e.